The summed E-state index contributed by atoms with van der Waals surface area (Å²) in [4.78, 5) is 31.7. The number of aromatic nitrogens is 3. The van der Waals surface area contributed by atoms with Crippen molar-refractivity contribution < 1.29 is 9.59 Å². The second-order valence-electron chi connectivity index (χ2n) is 3.42. The average Bonchev–Trinajstić information content (AvgIpc) is 2.15. The van der Waals surface area contributed by atoms with Gasteiger partial charge in [-0.25, -0.2) is 0 Å². The molecule has 0 bridgehead atoms. The zero-order valence-corrected chi connectivity index (χ0v) is 9.43. The number of hydrogen-bond acceptors (Lipinski definition) is 7. The van der Waals surface area contributed by atoms with E-state index in [4.69, 9.17) is 11.5 Å². The largest absolute Gasteiger partial charge is 0.368 e. The second kappa shape index (κ2) is 5.73. The number of nitrogen functional groups attached to an aromatic ring is 2. The van der Waals surface area contributed by atoms with Crippen molar-refractivity contribution in [2.45, 2.75) is 26.2 Å². The Bertz CT molecular complexity index is 369. The fraction of sp³-hybridized carbons (Fsp3) is 0.444. The van der Waals surface area contributed by atoms with Gasteiger partial charge in [0.1, 0.15) is 5.82 Å². The Morgan fingerprint density at radius 3 is 1.76 bits per heavy atom. The van der Waals surface area contributed by atoms with Crippen LogP contribution in [0, 0.1) is 6.92 Å². The summed E-state index contributed by atoms with van der Waals surface area (Å²) in [6.45, 7) is 1.70. The third-order valence-corrected chi connectivity index (χ3v) is 1.87. The van der Waals surface area contributed by atoms with E-state index in [2.05, 4.69) is 20.3 Å². The first-order chi connectivity index (χ1) is 7.97. The van der Waals surface area contributed by atoms with Gasteiger partial charge >= 0.3 is 0 Å². The van der Waals surface area contributed by atoms with Crippen LogP contribution >= 0.6 is 0 Å². The number of nitrogens with two attached hydrogens (primary N) is 2. The lowest BCUT2D eigenvalue weighted by Crippen LogP contribution is -2.33. The van der Waals surface area contributed by atoms with Crippen molar-refractivity contribution in [3.63, 3.8) is 0 Å². The number of anilines is 2. The molecule has 8 nitrogen and oxygen atoms in total. The maximum atomic E-state index is 10.3. The predicted octanol–water partition coefficient (Wildman–Crippen LogP) is -0.842. The Morgan fingerprint density at radius 2 is 1.47 bits per heavy atom. The van der Waals surface area contributed by atoms with Crippen LogP contribution in [0.3, 0.4) is 0 Å². The summed E-state index contributed by atoms with van der Waals surface area (Å²) in [5, 5.41) is 2.20. The molecule has 0 atom stereocenters. The number of nitrogens with zero attached hydrogens (tertiary/aromatic N) is 3. The first-order valence-corrected chi connectivity index (χ1v) is 5.03. The summed E-state index contributed by atoms with van der Waals surface area (Å²) in [6, 6.07) is 0. The van der Waals surface area contributed by atoms with Crippen molar-refractivity contribution in [1.82, 2.24) is 20.3 Å². The molecule has 1 saturated heterocycles. The Labute approximate surface area is 97.8 Å². The van der Waals surface area contributed by atoms with Crippen molar-refractivity contribution in [1.29, 1.82) is 0 Å². The number of nitrogens with one attached hydrogen (secondary N) is 1. The zero-order valence-electron chi connectivity index (χ0n) is 9.43. The summed E-state index contributed by atoms with van der Waals surface area (Å²) in [5.74, 6) is 0.600. The highest BCUT2D eigenvalue weighted by atomic mass is 16.2. The van der Waals surface area contributed by atoms with Crippen LogP contribution in [0.2, 0.25) is 0 Å². The van der Waals surface area contributed by atoms with Gasteiger partial charge in [0, 0.05) is 12.8 Å². The van der Waals surface area contributed by atoms with E-state index in [1.165, 1.54) is 0 Å². The molecular formula is C9H14N6O2. The van der Waals surface area contributed by atoms with Gasteiger partial charge in [0.2, 0.25) is 23.7 Å². The Balaban J connectivity index is 0.000000171. The van der Waals surface area contributed by atoms with Crippen molar-refractivity contribution in [3.05, 3.63) is 5.82 Å². The molecule has 1 fully saturated rings. The van der Waals surface area contributed by atoms with E-state index >= 15 is 0 Å². The number of imide groups is 1. The number of aryl methyl sites for hydroxylation is 1. The molecule has 5 N–H and O–H groups in total. The van der Waals surface area contributed by atoms with Crippen molar-refractivity contribution in [2.75, 3.05) is 11.5 Å². The molecule has 1 aromatic rings. The summed E-state index contributed by atoms with van der Waals surface area (Å²) in [7, 11) is 0. The number of rotatable bonds is 0. The van der Waals surface area contributed by atoms with Crippen molar-refractivity contribution in [3.8, 4) is 0 Å². The quantitative estimate of drug-likeness (QED) is 0.501. The summed E-state index contributed by atoms with van der Waals surface area (Å²) in [6.07, 6.45) is 1.72. The molecule has 1 aromatic heterocycles. The fourth-order valence-corrected chi connectivity index (χ4v) is 1.21. The monoisotopic (exact) mass is 238 g/mol. The fourth-order valence-electron chi connectivity index (χ4n) is 1.21. The second-order valence-corrected chi connectivity index (χ2v) is 3.42. The van der Waals surface area contributed by atoms with Crippen LogP contribution in [0.4, 0.5) is 11.9 Å². The highest BCUT2D eigenvalue weighted by Crippen LogP contribution is 2.00. The molecule has 0 aliphatic carbocycles. The molecular weight excluding hydrogens is 224 g/mol. The molecule has 2 rings (SSSR count). The minimum Gasteiger partial charge on any atom is -0.368 e. The molecule has 1 aliphatic heterocycles. The Morgan fingerprint density at radius 1 is 1.00 bits per heavy atom. The van der Waals surface area contributed by atoms with Gasteiger partial charge in [-0.2, -0.15) is 15.0 Å². The van der Waals surface area contributed by atoms with E-state index in [1.54, 1.807) is 6.92 Å². The molecule has 0 spiro atoms. The summed E-state index contributed by atoms with van der Waals surface area (Å²) in [5.41, 5.74) is 10.4. The van der Waals surface area contributed by atoms with E-state index in [0.717, 1.165) is 0 Å². The third-order valence-electron chi connectivity index (χ3n) is 1.87. The Hall–Kier alpha value is -2.25. The lowest BCUT2D eigenvalue weighted by molar-refractivity contribution is -0.132. The molecule has 2 heterocycles. The van der Waals surface area contributed by atoms with Gasteiger partial charge in [-0.05, 0) is 13.3 Å². The third kappa shape index (κ3) is 4.87. The van der Waals surface area contributed by atoms with Gasteiger partial charge in [-0.3, -0.25) is 14.9 Å². The molecule has 0 aromatic carbocycles. The predicted molar refractivity (Wildman–Crippen MR) is 60.4 cm³/mol. The lowest BCUT2D eigenvalue weighted by atomic mass is 10.1. The molecule has 0 saturated carbocycles. The first kappa shape index (κ1) is 12.8. The van der Waals surface area contributed by atoms with Gasteiger partial charge in [0.25, 0.3) is 0 Å². The number of amides is 2. The van der Waals surface area contributed by atoms with Crippen LogP contribution in [0.1, 0.15) is 25.1 Å². The topological polar surface area (TPSA) is 137 Å². The highest BCUT2D eigenvalue weighted by molar-refractivity contribution is 5.97. The number of hydrogen-bond donors (Lipinski definition) is 3. The highest BCUT2D eigenvalue weighted by Gasteiger charge is 2.12. The first-order valence-electron chi connectivity index (χ1n) is 5.03. The number of piperidine rings is 1. The van der Waals surface area contributed by atoms with Crippen LogP contribution in [-0.2, 0) is 9.59 Å². The van der Waals surface area contributed by atoms with E-state index in [-0.39, 0.29) is 23.7 Å². The van der Waals surface area contributed by atoms with Crippen LogP contribution in [0.25, 0.3) is 0 Å². The van der Waals surface area contributed by atoms with E-state index in [1.807, 2.05) is 0 Å². The maximum absolute atomic E-state index is 10.3. The van der Waals surface area contributed by atoms with E-state index in [9.17, 15) is 9.59 Å². The minimum absolute atomic E-state index is 0.138. The smallest absolute Gasteiger partial charge is 0.226 e. The lowest BCUT2D eigenvalue weighted by Gasteiger charge is -2.07. The zero-order chi connectivity index (χ0) is 12.8. The SMILES string of the molecule is Cc1nc(N)nc(N)n1.O=C1CCCC(=O)N1. The van der Waals surface area contributed by atoms with Gasteiger partial charge in [-0.1, -0.05) is 0 Å². The molecule has 17 heavy (non-hydrogen) atoms. The number of carbonyl (C=O) groups excluding carboxylic acids is 2. The molecule has 2 amide bonds. The molecule has 0 unspecified atom stereocenters. The molecule has 8 heteroatoms. The van der Waals surface area contributed by atoms with Crippen LogP contribution in [-0.4, -0.2) is 26.8 Å². The Kier molecular flexibility index (Phi) is 4.32. The minimum atomic E-state index is -0.138. The van der Waals surface area contributed by atoms with Crippen LogP contribution in [0.5, 0.6) is 0 Å². The standard InChI is InChI=1S/C5H7NO2.C4H7N5/c7-4-2-1-3-5(8)6-4;1-2-7-3(5)9-4(6)8-2/h1-3H2,(H,6,7,8);1H3,(H4,5,6,7,8,9). The van der Waals surface area contributed by atoms with Crippen LogP contribution < -0.4 is 16.8 Å². The summed E-state index contributed by atoms with van der Waals surface area (Å²) < 4.78 is 0. The van der Waals surface area contributed by atoms with E-state index in [0.29, 0.717) is 25.1 Å². The van der Waals surface area contributed by atoms with Gasteiger partial charge in [0.15, 0.2) is 0 Å². The number of carbonyl (C=O) groups is 2. The van der Waals surface area contributed by atoms with Crippen LogP contribution in [0.15, 0.2) is 0 Å². The van der Waals surface area contributed by atoms with Gasteiger partial charge < -0.3 is 11.5 Å². The molecule has 0 radical (unpaired) electrons. The molecule has 92 valence electrons. The molecule has 1 aliphatic rings. The van der Waals surface area contributed by atoms with Gasteiger partial charge in [0.05, 0.1) is 0 Å². The normalized spacial score (nSPS) is 14.6. The van der Waals surface area contributed by atoms with Gasteiger partial charge in [-0.15, -0.1) is 0 Å². The summed E-state index contributed by atoms with van der Waals surface area (Å²) >= 11 is 0. The van der Waals surface area contributed by atoms with Crippen molar-refractivity contribution in [2.24, 2.45) is 0 Å². The van der Waals surface area contributed by atoms with Crippen molar-refractivity contribution >= 4 is 23.7 Å². The average molecular weight is 238 g/mol. The van der Waals surface area contributed by atoms with E-state index < -0.39 is 0 Å². The maximum Gasteiger partial charge on any atom is 0.226 e.